The molecule has 1 amide bonds. The zero-order valence-electron chi connectivity index (χ0n) is 53.0. The van der Waals surface area contributed by atoms with Gasteiger partial charge in [0.05, 0.1) is 39.9 Å². The Morgan fingerprint density at radius 1 is 0.403 bits per heavy atom. The highest BCUT2D eigenvalue weighted by Crippen LogP contribution is 2.38. The van der Waals surface area contributed by atoms with E-state index in [1.807, 2.05) is 21.1 Å². The number of aliphatic hydroxyl groups is 1. The van der Waals surface area contributed by atoms with E-state index >= 15 is 0 Å². The molecule has 3 unspecified atom stereocenters. The van der Waals surface area contributed by atoms with Crippen LogP contribution in [-0.4, -0.2) is 68.5 Å². The summed E-state index contributed by atoms with van der Waals surface area (Å²) >= 11 is 0. The van der Waals surface area contributed by atoms with Crippen LogP contribution in [0, 0.1) is 0 Å². The van der Waals surface area contributed by atoms with Crippen molar-refractivity contribution in [1.29, 1.82) is 0 Å². The highest BCUT2D eigenvalue weighted by Gasteiger charge is 2.24. The summed E-state index contributed by atoms with van der Waals surface area (Å²) < 4.78 is 23.5. The average molecular weight is 1110 g/mol. The number of phosphoric ester groups is 1. The lowest BCUT2D eigenvalue weighted by atomic mass is 10.0. The van der Waals surface area contributed by atoms with E-state index in [-0.39, 0.29) is 19.1 Å². The van der Waals surface area contributed by atoms with Gasteiger partial charge in [-0.15, -0.1) is 0 Å². The maximum atomic E-state index is 13.0. The van der Waals surface area contributed by atoms with E-state index in [9.17, 15) is 19.4 Å². The monoisotopic (exact) mass is 1110 g/mol. The van der Waals surface area contributed by atoms with Gasteiger partial charge < -0.3 is 28.8 Å². The molecule has 0 radical (unpaired) electrons. The summed E-state index contributed by atoms with van der Waals surface area (Å²) in [5.74, 6) is -0.154. The lowest BCUT2D eigenvalue weighted by Crippen LogP contribution is -2.46. The van der Waals surface area contributed by atoms with E-state index in [2.05, 4.69) is 19.2 Å². The van der Waals surface area contributed by atoms with Crippen LogP contribution in [0.2, 0.25) is 0 Å². The number of aliphatic hydroxyl groups excluding tert-OH is 1. The second kappa shape index (κ2) is 60.1. The van der Waals surface area contributed by atoms with Crippen LogP contribution in [0.15, 0.2) is 0 Å². The Kier molecular flexibility index (Phi) is 59.7. The Balaban J connectivity index is 3.85. The Labute approximate surface area is 482 Å². The maximum absolute atomic E-state index is 13.0. The molecule has 77 heavy (non-hydrogen) atoms. The number of rotatable bonds is 66. The predicted octanol–water partition coefficient (Wildman–Crippen LogP) is 21.3. The van der Waals surface area contributed by atoms with Crippen LogP contribution in [0.25, 0.3) is 0 Å². The summed E-state index contributed by atoms with van der Waals surface area (Å²) in [6.07, 6.45) is 74.8. The smallest absolute Gasteiger partial charge is 0.268 e. The molecule has 0 aromatic heterocycles. The van der Waals surface area contributed by atoms with Gasteiger partial charge in [-0.25, -0.2) is 0 Å². The number of phosphoric acid groups is 1. The Hall–Kier alpha value is -0.500. The number of hydrogen-bond acceptors (Lipinski definition) is 6. The zero-order chi connectivity index (χ0) is 56.3. The summed E-state index contributed by atoms with van der Waals surface area (Å²) in [5.41, 5.74) is 0. The van der Waals surface area contributed by atoms with Crippen molar-refractivity contribution in [2.45, 2.75) is 392 Å². The maximum Gasteiger partial charge on any atom is 0.268 e. The van der Waals surface area contributed by atoms with Crippen LogP contribution in [0.1, 0.15) is 380 Å². The molecule has 0 aromatic rings. The number of carbonyl (C=O) groups is 1. The van der Waals surface area contributed by atoms with Crippen molar-refractivity contribution >= 4 is 13.7 Å². The zero-order valence-corrected chi connectivity index (χ0v) is 53.9. The number of nitrogens with zero attached hydrogens (tertiary/aromatic N) is 1. The van der Waals surface area contributed by atoms with Crippen LogP contribution in [0.5, 0.6) is 0 Å². The minimum absolute atomic E-state index is 0.0168. The summed E-state index contributed by atoms with van der Waals surface area (Å²) in [4.78, 5) is 25.6. The van der Waals surface area contributed by atoms with Crippen molar-refractivity contribution in [3.63, 3.8) is 0 Å². The van der Waals surface area contributed by atoms with Gasteiger partial charge in [-0.1, -0.05) is 361 Å². The number of nitrogens with one attached hydrogen (secondary N) is 1. The van der Waals surface area contributed by atoms with Gasteiger partial charge in [0.15, 0.2) is 0 Å². The van der Waals surface area contributed by atoms with Gasteiger partial charge in [-0.3, -0.25) is 9.36 Å². The summed E-state index contributed by atoms with van der Waals surface area (Å²) in [6.45, 7) is 4.79. The van der Waals surface area contributed by atoms with Gasteiger partial charge in [0.2, 0.25) is 5.91 Å². The van der Waals surface area contributed by atoms with E-state index in [0.29, 0.717) is 23.9 Å². The molecule has 2 N–H and O–H groups in total. The fraction of sp³-hybridized carbons (Fsp3) is 0.985. The van der Waals surface area contributed by atoms with Gasteiger partial charge in [-0.05, 0) is 12.8 Å². The molecule has 462 valence electrons. The quantitative estimate of drug-likeness (QED) is 0.0357. The Bertz CT molecular complexity index is 1220. The molecule has 0 spiro atoms. The molecule has 0 aliphatic heterocycles. The van der Waals surface area contributed by atoms with E-state index in [0.717, 1.165) is 38.5 Å². The normalized spacial score (nSPS) is 13.6. The second-order valence-electron chi connectivity index (χ2n) is 25.6. The predicted molar refractivity (Wildman–Crippen MR) is 335 cm³/mol. The molecule has 0 bridgehead atoms. The van der Waals surface area contributed by atoms with E-state index in [4.69, 9.17) is 9.05 Å². The minimum Gasteiger partial charge on any atom is -0.756 e. The van der Waals surface area contributed by atoms with E-state index in [1.165, 1.54) is 315 Å². The fourth-order valence-electron chi connectivity index (χ4n) is 11.2. The van der Waals surface area contributed by atoms with Gasteiger partial charge in [0.25, 0.3) is 7.82 Å². The molecule has 0 aliphatic rings. The highest BCUT2D eigenvalue weighted by atomic mass is 31.2. The van der Waals surface area contributed by atoms with Crippen LogP contribution in [-0.2, 0) is 18.4 Å². The number of unbranched alkanes of at least 4 members (excludes halogenated alkanes) is 53. The molecule has 0 rings (SSSR count). The number of amides is 1. The molecular formula is C68H139N2O6P. The third-order valence-corrected chi connectivity index (χ3v) is 17.6. The van der Waals surface area contributed by atoms with Gasteiger partial charge >= 0.3 is 0 Å². The second-order valence-corrected chi connectivity index (χ2v) is 27.0. The third-order valence-electron chi connectivity index (χ3n) is 16.6. The minimum atomic E-state index is -4.57. The van der Waals surface area contributed by atoms with Gasteiger partial charge in [-0.2, -0.15) is 0 Å². The largest absolute Gasteiger partial charge is 0.756 e. The number of hydrogen-bond donors (Lipinski definition) is 2. The van der Waals surface area contributed by atoms with Crippen molar-refractivity contribution < 1.29 is 32.9 Å². The standard InChI is InChI=1S/C68H139N2O6P/c1-6-8-10-12-14-16-18-20-22-24-25-26-27-28-29-30-31-32-33-34-35-36-37-38-39-40-41-42-43-44-46-48-50-52-54-56-58-60-62-68(72)69-66(65-76-77(73,74)75-64-63-70(3,4)5)67(71)61-59-57-55-53-51-49-47-45-23-21-19-17-15-13-11-9-7-2/h66-67,71H,6-65H2,1-5H3,(H-,69,72,73,74). The first-order valence-corrected chi connectivity index (χ1v) is 36.3. The molecule has 0 saturated heterocycles. The van der Waals surface area contributed by atoms with Crippen molar-refractivity contribution in [3.8, 4) is 0 Å². The van der Waals surface area contributed by atoms with Crippen molar-refractivity contribution in [2.75, 3.05) is 40.9 Å². The first-order valence-electron chi connectivity index (χ1n) is 34.9. The molecule has 0 saturated carbocycles. The van der Waals surface area contributed by atoms with Gasteiger partial charge in [0.1, 0.15) is 13.2 Å². The SMILES string of the molecule is CCCCCCCCCCCCCCCCCCCCCCCCCCCCCCCCCCCCCCCCC(=O)NC(COP(=O)([O-])OCC[N+](C)(C)C)C(O)CCCCCCCCCCCCCCCCCCC. The molecule has 9 heteroatoms. The Morgan fingerprint density at radius 3 is 0.883 bits per heavy atom. The molecule has 8 nitrogen and oxygen atoms in total. The average Bonchev–Trinajstić information content (AvgIpc) is 3.39. The topological polar surface area (TPSA) is 108 Å². The fourth-order valence-corrected chi connectivity index (χ4v) is 11.9. The summed E-state index contributed by atoms with van der Waals surface area (Å²) in [6, 6.07) is -0.796. The summed E-state index contributed by atoms with van der Waals surface area (Å²) in [7, 11) is 1.33. The van der Waals surface area contributed by atoms with Crippen molar-refractivity contribution in [1.82, 2.24) is 5.32 Å². The first kappa shape index (κ1) is 76.5. The number of likely N-dealkylation sites (N-methyl/N-ethyl adjacent to an activating group) is 1. The first-order chi connectivity index (χ1) is 37.5. The van der Waals surface area contributed by atoms with Crippen molar-refractivity contribution in [2.24, 2.45) is 0 Å². The molecular weight excluding hydrogens is 972 g/mol. The molecule has 0 aliphatic carbocycles. The van der Waals surface area contributed by atoms with E-state index < -0.39 is 20.0 Å². The van der Waals surface area contributed by atoms with Crippen LogP contribution in [0.3, 0.4) is 0 Å². The van der Waals surface area contributed by atoms with E-state index in [1.54, 1.807) is 0 Å². The molecule has 0 fully saturated rings. The Morgan fingerprint density at radius 2 is 0.636 bits per heavy atom. The van der Waals surface area contributed by atoms with Crippen LogP contribution in [0.4, 0.5) is 0 Å². The van der Waals surface area contributed by atoms with Crippen LogP contribution < -0.4 is 10.2 Å². The lowest BCUT2D eigenvalue weighted by molar-refractivity contribution is -0.870. The van der Waals surface area contributed by atoms with Gasteiger partial charge in [0, 0.05) is 6.42 Å². The number of carbonyl (C=O) groups excluding carboxylic acids is 1. The molecule has 0 aromatic carbocycles. The summed E-state index contributed by atoms with van der Waals surface area (Å²) in [5, 5.41) is 14.1. The molecule has 3 atom stereocenters. The number of quaternary nitrogens is 1. The molecule has 0 heterocycles. The van der Waals surface area contributed by atoms with Crippen molar-refractivity contribution in [3.05, 3.63) is 0 Å². The third kappa shape index (κ3) is 62.9. The highest BCUT2D eigenvalue weighted by molar-refractivity contribution is 7.45. The lowest BCUT2D eigenvalue weighted by Gasteiger charge is -2.30. The van der Waals surface area contributed by atoms with Crippen LogP contribution >= 0.6 is 7.82 Å².